The number of hydrogen-bond donors (Lipinski definition) is 0. The van der Waals surface area contributed by atoms with E-state index in [1.54, 1.807) is 17.0 Å². The SMILES string of the molecule is O=C(CSc1ccc(F)cc1)N1CCC(Oc2ccc(C(F)(F)F)cn2)CC1. The fraction of sp³-hybridized carbons (Fsp3) is 0.368. The first-order valence-corrected chi connectivity index (χ1v) is 9.66. The van der Waals surface area contributed by atoms with Gasteiger partial charge in [-0.2, -0.15) is 13.2 Å². The van der Waals surface area contributed by atoms with E-state index >= 15 is 0 Å². The zero-order chi connectivity index (χ0) is 20.1. The number of carbonyl (C=O) groups is 1. The number of piperidine rings is 1. The molecular formula is C19H18F4N2O2S. The zero-order valence-corrected chi connectivity index (χ0v) is 15.6. The van der Waals surface area contributed by atoms with Crippen molar-refractivity contribution in [2.24, 2.45) is 0 Å². The van der Waals surface area contributed by atoms with Crippen molar-refractivity contribution in [3.63, 3.8) is 0 Å². The van der Waals surface area contributed by atoms with Crippen LogP contribution >= 0.6 is 11.8 Å². The monoisotopic (exact) mass is 414 g/mol. The van der Waals surface area contributed by atoms with Crippen LogP contribution in [0, 0.1) is 5.82 Å². The Balaban J connectivity index is 1.43. The van der Waals surface area contributed by atoms with Crippen molar-refractivity contribution in [2.75, 3.05) is 18.8 Å². The molecule has 9 heteroatoms. The van der Waals surface area contributed by atoms with Crippen LogP contribution in [0.2, 0.25) is 0 Å². The lowest BCUT2D eigenvalue weighted by atomic mass is 10.1. The van der Waals surface area contributed by atoms with Crippen molar-refractivity contribution in [3.05, 3.63) is 54.0 Å². The third kappa shape index (κ3) is 5.60. The van der Waals surface area contributed by atoms with E-state index in [0.29, 0.717) is 25.9 Å². The van der Waals surface area contributed by atoms with Crippen molar-refractivity contribution in [1.29, 1.82) is 0 Å². The van der Waals surface area contributed by atoms with E-state index in [9.17, 15) is 22.4 Å². The first-order valence-electron chi connectivity index (χ1n) is 8.67. The van der Waals surface area contributed by atoms with Crippen LogP contribution in [0.4, 0.5) is 17.6 Å². The molecule has 1 aliphatic heterocycles. The number of nitrogens with zero attached hydrogens (tertiary/aromatic N) is 2. The van der Waals surface area contributed by atoms with Gasteiger partial charge in [-0.05, 0) is 30.3 Å². The van der Waals surface area contributed by atoms with E-state index in [0.717, 1.165) is 17.2 Å². The van der Waals surface area contributed by atoms with Crippen molar-refractivity contribution >= 4 is 17.7 Å². The fourth-order valence-corrected chi connectivity index (χ4v) is 3.58. The van der Waals surface area contributed by atoms with Crippen LogP contribution in [0.3, 0.4) is 0 Å². The Kier molecular flexibility index (Phi) is 6.43. The van der Waals surface area contributed by atoms with Crippen LogP contribution in [-0.2, 0) is 11.0 Å². The number of benzene rings is 1. The highest BCUT2D eigenvalue weighted by Crippen LogP contribution is 2.29. The van der Waals surface area contributed by atoms with Crippen molar-refractivity contribution in [1.82, 2.24) is 9.88 Å². The van der Waals surface area contributed by atoms with Crippen LogP contribution < -0.4 is 4.74 Å². The molecule has 0 spiro atoms. The summed E-state index contributed by atoms with van der Waals surface area (Å²) in [7, 11) is 0. The van der Waals surface area contributed by atoms with E-state index in [2.05, 4.69) is 4.98 Å². The maximum absolute atomic E-state index is 12.9. The molecule has 1 aromatic carbocycles. The Morgan fingerprint density at radius 3 is 2.39 bits per heavy atom. The molecule has 0 aliphatic carbocycles. The number of alkyl halides is 3. The smallest absolute Gasteiger partial charge is 0.417 e. The lowest BCUT2D eigenvalue weighted by Gasteiger charge is -2.32. The number of likely N-dealkylation sites (tertiary alicyclic amines) is 1. The summed E-state index contributed by atoms with van der Waals surface area (Å²) in [5.74, 6) is 0.0720. The first-order chi connectivity index (χ1) is 13.3. The molecule has 0 atom stereocenters. The zero-order valence-electron chi connectivity index (χ0n) is 14.8. The van der Waals surface area contributed by atoms with Gasteiger partial charge in [0.1, 0.15) is 11.9 Å². The summed E-state index contributed by atoms with van der Waals surface area (Å²) in [6.07, 6.45) is -2.71. The summed E-state index contributed by atoms with van der Waals surface area (Å²) < 4.78 is 56.2. The molecule has 2 heterocycles. The molecule has 150 valence electrons. The van der Waals surface area contributed by atoms with E-state index in [1.807, 2.05) is 0 Å². The van der Waals surface area contributed by atoms with Crippen LogP contribution in [0.1, 0.15) is 18.4 Å². The summed E-state index contributed by atoms with van der Waals surface area (Å²) in [6.45, 7) is 1.02. The standard InChI is InChI=1S/C19H18F4N2O2S/c20-14-2-4-16(5-3-14)28-12-18(26)25-9-7-15(8-10-25)27-17-6-1-13(11-24-17)19(21,22)23/h1-6,11,15H,7-10,12H2. The molecule has 0 bridgehead atoms. The maximum Gasteiger partial charge on any atom is 0.417 e. The fourth-order valence-electron chi connectivity index (χ4n) is 2.78. The number of rotatable bonds is 5. The highest BCUT2D eigenvalue weighted by Gasteiger charge is 2.31. The van der Waals surface area contributed by atoms with Gasteiger partial charge in [0, 0.05) is 43.1 Å². The first kappa shape index (κ1) is 20.4. The maximum atomic E-state index is 12.9. The molecule has 4 nitrogen and oxygen atoms in total. The predicted molar refractivity (Wildman–Crippen MR) is 96.6 cm³/mol. The van der Waals surface area contributed by atoms with Crippen molar-refractivity contribution in [2.45, 2.75) is 30.0 Å². The third-order valence-electron chi connectivity index (χ3n) is 4.32. The third-order valence-corrected chi connectivity index (χ3v) is 5.32. The molecule has 2 aromatic rings. The Morgan fingerprint density at radius 2 is 1.82 bits per heavy atom. The number of carbonyl (C=O) groups excluding carboxylic acids is 1. The molecule has 1 aromatic heterocycles. The van der Waals surface area contributed by atoms with Gasteiger partial charge in [-0.25, -0.2) is 9.37 Å². The topological polar surface area (TPSA) is 42.4 Å². The number of halogens is 4. The van der Waals surface area contributed by atoms with Gasteiger partial charge in [-0.1, -0.05) is 0 Å². The molecule has 1 amide bonds. The Hall–Kier alpha value is -2.29. The number of amides is 1. The predicted octanol–water partition coefficient (Wildman–Crippen LogP) is 4.40. The van der Waals surface area contributed by atoms with Crippen molar-refractivity contribution < 1.29 is 27.1 Å². The second kappa shape index (κ2) is 8.81. The van der Waals surface area contributed by atoms with E-state index in [4.69, 9.17) is 4.74 Å². The number of aromatic nitrogens is 1. The summed E-state index contributed by atoms with van der Waals surface area (Å²) in [5, 5.41) is 0. The minimum absolute atomic E-state index is 0.0135. The van der Waals surface area contributed by atoms with Gasteiger partial charge in [0.05, 0.1) is 11.3 Å². The normalized spacial score (nSPS) is 15.5. The van der Waals surface area contributed by atoms with Gasteiger partial charge in [0.25, 0.3) is 0 Å². The second-order valence-corrected chi connectivity index (χ2v) is 7.37. The molecular weight excluding hydrogens is 396 g/mol. The van der Waals surface area contributed by atoms with Gasteiger partial charge in [0.2, 0.25) is 11.8 Å². The number of thioether (sulfide) groups is 1. The van der Waals surface area contributed by atoms with Crippen LogP contribution in [-0.4, -0.2) is 40.7 Å². The number of pyridine rings is 1. The second-order valence-electron chi connectivity index (χ2n) is 6.32. The molecule has 0 saturated carbocycles. The number of hydrogen-bond acceptors (Lipinski definition) is 4. The molecule has 28 heavy (non-hydrogen) atoms. The van der Waals surface area contributed by atoms with E-state index in [1.165, 1.54) is 30.0 Å². The average molecular weight is 414 g/mol. The minimum atomic E-state index is -4.43. The molecule has 1 saturated heterocycles. The van der Waals surface area contributed by atoms with Gasteiger partial charge in [-0.3, -0.25) is 4.79 Å². The van der Waals surface area contributed by atoms with E-state index in [-0.39, 0.29) is 29.5 Å². The van der Waals surface area contributed by atoms with Crippen LogP contribution in [0.25, 0.3) is 0 Å². The molecule has 0 unspecified atom stereocenters. The summed E-state index contributed by atoms with van der Waals surface area (Å²) in [5.41, 5.74) is -0.820. The van der Waals surface area contributed by atoms with E-state index < -0.39 is 11.7 Å². The average Bonchev–Trinajstić information content (AvgIpc) is 2.67. The quantitative estimate of drug-likeness (QED) is 0.537. The van der Waals surface area contributed by atoms with Gasteiger partial charge < -0.3 is 9.64 Å². The van der Waals surface area contributed by atoms with Gasteiger partial charge in [-0.15, -0.1) is 11.8 Å². The Labute approximate surface area is 163 Å². The summed E-state index contributed by atoms with van der Waals surface area (Å²) in [6, 6.07) is 8.11. The lowest BCUT2D eigenvalue weighted by Crippen LogP contribution is -2.42. The Morgan fingerprint density at radius 1 is 1.14 bits per heavy atom. The minimum Gasteiger partial charge on any atom is -0.474 e. The molecule has 0 N–H and O–H groups in total. The van der Waals surface area contributed by atoms with Crippen LogP contribution in [0.5, 0.6) is 5.88 Å². The van der Waals surface area contributed by atoms with Gasteiger partial charge >= 0.3 is 6.18 Å². The highest BCUT2D eigenvalue weighted by molar-refractivity contribution is 8.00. The Bertz CT molecular complexity index is 789. The van der Waals surface area contributed by atoms with Gasteiger partial charge in [0.15, 0.2) is 0 Å². The summed E-state index contributed by atoms with van der Waals surface area (Å²) >= 11 is 1.35. The molecule has 3 rings (SSSR count). The lowest BCUT2D eigenvalue weighted by molar-refractivity contribution is -0.137. The van der Waals surface area contributed by atoms with Crippen LogP contribution in [0.15, 0.2) is 47.5 Å². The molecule has 0 radical (unpaired) electrons. The number of ether oxygens (including phenoxy) is 1. The highest BCUT2D eigenvalue weighted by atomic mass is 32.2. The summed E-state index contributed by atoms with van der Waals surface area (Å²) in [4.78, 5) is 18.6. The van der Waals surface area contributed by atoms with Crippen molar-refractivity contribution in [3.8, 4) is 5.88 Å². The molecule has 1 fully saturated rings. The largest absolute Gasteiger partial charge is 0.474 e. The molecule has 1 aliphatic rings.